The van der Waals surface area contributed by atoms with Crippen LogP contribution in [0, 0.1) is 11.7 Å². The zero-order chi connectivity index (χ0) is 26.0. The average molecular weight is 507 g/mol. The number of aliphatic hydroxyl groups is 1. The summed E-state index contributed by atoms with van der Waals surface area (Å²) in [6, 6.07) is 8.00. The summed E-state index contributed by atoms with van der Waals surface area (Å²) in [5.74, 6) is -1.27. The first-order valence-corrected chi connectivity index (χ1v) is 14.1. The molecule has 3 rings (SSSR count). The van der Waals surface area contributed by atoms with Gasteiger partial charge in [-0.15, -0.1) is 0 Å². The third-order valence-corrected chi connectivity index (χ3v) is 8.65. The van der Waals surface area contributed by atoms with E-state index in [9.17, 15) is 23.0 Å². The van der Waals surface area contributed by atoms with Crippen molar-refractivity contribution in [3.63, 3.8) is 0 Å². The van der Waals surface area contributed by atoms with Crippen molar-refractivity contribution in [2.45, 2.75) is 77.5 Å². The molecule has 35 heavy (non-hydrogen) atoms. The predicted molar refractivity (Wildman–Crippen MR) is 139 cm³/mol. The van der Waals surface area contributed by atoms with Crippen molar-refractivity contribution in [2.75, 3.05) is 17.2 Å². The fourth-order valence-electron chi connectivity index (χ4n) is 4.86. The molecule has 1 fully saturated rings. The number of phenolic OH excluding ortho intramolecular Hbond substituents is 1. The Morgan fingerprint density at radius 2 is 1.89 bits per heavy atom. The standard InChI is InChI=1S/C27H39FN2O4S/c1-5-6-8-18-11-17(13-22(28)24(18)29)12-20-15-35(33,34)16-23(26(20)32)30-14-19-9-7-10-21(25(19)31)27(2,3)4/h7,9-11,13,20,23,26,30-32H,5-6,8,12,14-16,29H2,1-4H3/t20-,23+,26+/m1/s1. The molecule has 1 heterocycles. The molecule has 1 saturated heterocycles. The van der Waals surface area contributed by atoms with Crippen LogP contribution in [0.2, 0.25) is 0 Å². The van der Waals surface area contributed by atoms with Gasteiger partial charge >= 0.3 is 0 Å². The van der Waals surface area contributed by atoms with Gasteiger partial charge in [-0.1, -0.05) is 58.4 Å². The van der Waals surface area contributed by atoms with Gasteiger partial charge in [-0.3, -0.25) is 0 Å². The van der Waals surface area contributed by atoms with Crippen molar-refractivity contribution in [3.8, 4) is 5.75 Å². The minimum Gasteiger partial charge on any atom is -0.507 e. The van der Waals surface area contributed by atoms with Gasteiger partial charge in [0.25, 0.3) is 0 Å². The first kappa shape index (κ1) is 27.4. The van der Waals surface area contributed by atoms with Crippen LogP contribution >= 0.6 is 0 Å². The number of nitrogens with two attached hydrogens (primary N) is 1. The second-order valence-corrected chi connectivity index (χ2v) is 13.0. The number of hydrogen-bond acceptors (Lipinski definition) is 6. The molecular formula is C27H39FN2O4S. The zero-order valence-corrected chi connectivity index (χ0v) is 22.0. The summed E-state index contributed by atoms with van der Waals surface area (Å²) in [5.41, 5.74) is 8.60. The van der Waals surface area contributed by atoms with E-state index in [0.717, 1.165) is 24.0 Å². The van der Waals surface area contributed by atoms with Crippen LogP contribution in [-0.2, 0) is 34.6 Å². The van der Waals surface area contributed by atoms with Crippen LogP contribution in [0.15, 0.2) is 30.3 Å². The molecular weight excluding hydrogens is 467 g/mol. The van der Waals surface area contributed by atoms with Gasteiger partial charge in [0.15, 0.2) is 9.84 Å². The molecule has 1 aliphatic rings. The van der Waals surface area contributed by atoms with Crippen molar-refractivity contribution in [3.05, 3.63) is 58.4 Å². The molecule has 0 bridgehead atoms. The molecule has 0 unspecified atom stereocenters. The van der Waals surface area contributed by atoms with Crippen LogP contribution in [-0.4, -0.2) is 42.3 Å². The molecule has 0 radical (unpaired) electrons. The molecule has 0 saturated carbocycles. The van der Waals surface area contributed by atoms with E-state index < -0.39 is 33.7 Å². The highest BCUT2D eigenvalue weighted by Gasteiger charge is 2.39. The van der Waals surface area contributed by atoms with Crippen molar-refractivity contribution >= 4 is 15.5 Å². The lowest BCUT2D eigenvalue weighted by Crippen LogP contribution is -2.54. The molecule has 1 aliphatic heterocycles. The molecule has 6 nitrogen and oxygen atoms in total. The molecule has 5 N–H and O–H groups in total. The maximum Gasteiger partial charge on any atom is 0.152 e. The fraction of sp³-hybridized carbons (Fsp3) is 0.556. The highest BCUT2D eigenvalue weighted by Crippen LogP contribution is 2.33. The molecule has 0 spiro atoms. The van der Waals surface area contributed by atoms with E-state index in [1.807, 2.05) is 45.9 Å². The van der Waals surface area contributed by atoms with Crippen LogP contribution in [0.25, 0.3) is 0 Å². The fourth-order valence-corrected chi connectivity index (χ4v) is 6.83. The minimum atomic E-state index is -3.43. The summed E-state index contributed by atoms with van der Waals surface area (Å²) in [6.07, 6.45) is 1.78. The lowest BCUT2D eigenvalue weighted by Gasteiger charge is -2.35. The van der Waals surface area contributed by atoms with Crippen LogP contribution < -0.4 is 11.1 Å². The first-order valence-electron chi connectivity index (χ1n) is 12.3. The molecule has 2 aromatic carbocycles. The Labute approximate surface area is 208 Å². The summed E-state index contributed by atoms with van der Waals surface area (Å²) in [5, 5.41) is 25.0. The lowest BCUT2D eigenvalue weighted by atomic mass is 9.85. The first-order chi connectivity index (χ1) is 16.3. The number of aromatic hydroxyl groups is 1. The number of aliphatic hydroxyl groups excluding tert-OH is 1. The topological polar surface area (TPSA) is 113 Å². The number of anilines is 1. The smallest absolute Gasteiger partial charge is 0.152 e. The van der Waals surface area contributed by atoms with Gasteiger partial charge in [-0.2, -0.15) is 0 Å². The Kier molecular flexibility index (Phi) is 8.50. The Hall–Kier alpha value is -2.16. The Morgan fingerprint density at radius 3 is 2.54 bits per heavy atom. The van der Waals surface area contributed by atoms with Crippen LogP contribution in [0.1, 0.15) is 62.8 Å². The number of halogens is 1. The number of nitrogens with one attached hydrogen (secondary N) is 1. The number of benzene rings is 2. The summed E-state index contributed by atoms with van der Waals surface area (Å²) >= 11 is 0. The second kappa shape index (κ2) is 10.8. The van der Waals surface area contributed by atoms with Crippen molar-refractivity contribution in [1.29, 1.82) is 0 Å². The number of hydrogen-bond donors (Lipinski definition) is 4. The molecule has 8 heteroatoms. The summed E-state index contributed by atoms with van der Waals surface area (Å²) in [4.78, 5) is 0. The monoisotopic (exact) mass is 506 g/mol. The Bertz CT molecular complexity index is 1140. The van der Waals surface area contributed by atoms with E-state index in [0.29, 0.717) is 17.5 Å². The third-order valence-electron chi connectivity index (χ3n) is 6.85. The van der Waals surface area contributed by atoms with Gasteiger partial charge in [-0.05, 0) is 47.4 Å². The van der Waals surface area contributed by atoms with Crippen molar-refractivity contribution < 1.29 is 23.0 Å². The summed E-state index contributed by atoms with van der Waals surface area (Å²) < 4.78 is 39.9. The maximum absolute atomic E-state index is 14.5. The summed E-state index contributed by atoms with van der Waals surface area (Å²) in [7, 11) is -3.43. The largest absolute Gasteiger partial charge is 0.507 e. The minimum absolute atomic E-state index is 0.135. The van der Waals surface area contributed by atoms with Gasteiger partial charge < -0.3 is 21.3 Å². The predicted octanol–water partition coefficient (Wildman–Crippen LogP) is 3.86. The van der Waals surface area contributed by atoms with Crippen molar-refractivity contribution in [2.24, 2.45) is 5.92 Å². The Balaban J connectivity index is 1.78. The van der Waals surface area contributed by atoms with E-state index in [1.54, 1.807) is 6.07 Å². The highest BCUT2D eigenvalue weighted by molar-refractivity contribution is 7.91. The Morgan fingerprint density at radius 1 is 1.17 bits per heavy atom. The van der Waals surface area contributed by atoms with Crippen LogP contribution in [0.4, 0.5) is 10.1 Å². The molecule has 194 valence electrons. The number of aryl methyl sites for hydroxylation is 1. The number of phenols is 1. The van der Waals surface area contributed by atoms with Gasteiger partial charge in [0.2, 0.25) is 0 Å². The number of para-hydroxylation sites is 1. The number of nitrogen functional groups attached to an aromatic ring is 1. The number of unbranched alkanes of at least 4 members (excludes halogenated alkanes) is 1. The lowest BCUT2D eigenvalue weighted by molar-refractivity contribution is 0.0780. The van der Waals surface area contributed by atoms with E-state index in [2.05, 4.69) is 5.32 Å². The average Bonchev–Trinajstić information content (AvgIpc) is 2.76. The van der Waals surface area contributed by atoms with E-state index in [1.165, 1.54) is 6.07 Å². The van der Waals surface area contributed by atoms with Gasteiger partial charge in [0.1, 0.15) is 11.6 Å². The van der Waals surface area contributed by atoms with Gasteiger partial charge in [0.05, 0.1) is 23.3 Å². The van der Waals surface area contributed by atoms with E-state index in [4.69, 9.17) is 5.73 Å². The van der Waals surface area contributed by atoms with Crippen molar-refractivity contribution in [1.82, 2.24) is 5.32 Å². The second-order valence-electron chi connectivity index (χ2n) is 10.8. The maximum atomic E-state index is 14.5. The van der Waals surface area contributed by atoms with Crippen LogP contribution in [0.5, 0.6) is 5.75 Å². The quantitative estimate of drug-likeness (QED) is 0.405. The number of rotatable bonds is 8. The van der Waals surface area contributed by atoms with Gasteiger partial charge in [-0.25, -0.2) is 12.8 Å². The number of sulfone groups is 1. The van der Waals surface area contributed by atoms with Crippen LogP contribution in [0.3, 0.4) is 0 Å². The van der Waals surface area contributed by atoms with E-state index in [-0.39, 0.29) is 41.3 Å². The zero-order valence-electron chi connectivity index (χ0n) is 21.1. The molecule has 0 amide bonds. The summed E-state index contributed by atoms with van der Waals surface area (Å²) in [6.45, 7) is 8.29. The molecule has 0 aliphatic carbocycles. The molecule has 2 aromatic rings. The normalized spacial score (nSPS) is 22.3. The molecule has 0 aromatic heterocycles. The highest BCUT2D eigenvalue weighted by atomic mass is 32.2. The van der Waals surface area contributed by atoms with E-state index >= 15 is 0 Å². The van der Waals surface area contributed by atoms with Gasteiger partial charge in [0, 0.05) is 24.1 Å². The molecule has 3 atom stereocenters. The SMILES string of the molecule is CCCCc1cc(C[C@@H]2CS(=O)(=O)C[C@H](NCc3cccc(C(C)(C)C)c3O)[C@H]2O)cc(F)c1N. The third kappa shape index (κ3) is 6.74.